The lowest BCUT2D eigenvalue weighted by Gasteiger charge is -2.21. The van der Waals surface area contributed by atoms with Crippen molar-refractivity contribution in [2.45, 2.75) is 44.1 Å². The second kappa shape index (κ2) is 7.62. The molecule has 1 amide bonds. The Balaban J connectivity index is 1.43. The van der Waals surface area contributed by atoms with Gasteiger partial charge in [-0.2, -0.15) is 5.26 Å². The second-order valence-electron chi connectivity index (χ2n) is 6.19. The third kappa shape index (κ3) is 4.34. The average molecular weight is 357 g/mol. The number of carbonyl (C=O) groups is 2. The number of fused-ring (bicyclic) bond motifs is 1. The standard InChI is InChI=1S/C18H19N3O3S/c19-12-18(9-3-4-10-18)21-15(22)11-24-17(23)8-7-16-20-13-5-1-2-6-14(13)25-16/h1-2,5-6H,3-4,7-11H2,(H,21,22). The van der Waals surface area contributed by atoms with Gasteiger partial charge in [0.25, 0.3) is 5.91 Å². The van der Waals surface area contributed by atoms with E-state index in [0.717, 1.165) is 28.1 Å². The third-order valence-corrected chi connectivity index (χ3v) is 5.39. The van der Waals surface area contributed by atoms with E-state index in [4.69, 9.17) is 4.74 Å². The molecule has 6 nitrogen and oxygen atoms in total. The average Bonchev–Trinajstić information content (AvgIpc) is 3.25. The molecule has 1 aromatic carbocycles. The summed E-state index contributed by atoms with van der Waals surface area (Å²) in [5.74, 6) is -0.858. The van der Waals surface area contributed by atoms with Gasteiger partial charge in [0.2, 0.25) is 0 Å². The SMILES string of the molecule is N#CC1(NC(=O)COC(=O)CCc2nc3ccccc3s2)CCCC1. The van der Waals surface area contributed by atoms with Crippen molar-refractivity contribution in [1.82, 2.24) is 10.3 Å². The zero-order chi connectivity index (χ0) is 17.7. The summed E-state index contributed by atoms with van der Waals surface area (Å²) in [6.07, 6.45) is 3.83. The molecule has 0 radical (unpaired) electrons. The predicted octanol–water partition coefficient (Wildman–Crippen LogP) is 2.72. The summed E-state index contributed by atoms with van der Waals surface area (Å²) >= 11 is 1.55. The molecule has 25 heavy (non-hydrogen) atoms. The zero-order valence-corrected chi connectivity index (χ0v) is 14.6. The van der Waals surface area contributed by atoms with Gasteiger partial charge >= 0.3 is 5.97 Å². The second-order valence-corrected chi connectivity index (χ2v) is 7.30. The van der Waals surface area contributed by atoms with Crippen molar-refractivity contribution in [2.24, 2.45) is 0 Å². The van der Waals surface area contributed by atoms with Crippen LogP contribution in [-0.4, -0.2) is 29.0 Å². The van der Waals surface area contributed by atoms with Crippen LogP contribution in [-0.2, 0) is 20.7 Å². The Hall–Kier alpha value is -2.46. The summed E-state index contributed by atoms with van der Waals surface area (Å²) in [6.45, 7) is -0.345. The normalized spacial score (nSPS) is 15.6. The predicted molar refractivity (Wildman–Crippen MR) is 93.9 cm³/mol. The van der Waals surface area contributed by atoms with E-state index in [2.05, 4.69) is 16.4 Å². The molecule has 3 rings (SSSR count). The van der Waals surface area contributed by atoms with E-state index in [-0.39, 0.29) is 13.0 Å². The van der Waals surface area contributed by atoms with Crippen molar-refractivity contribution < 1.29 is 14.3 Å². The lowest BCUT2D eigenvalue weighted by Crippen LogP contribution is -2.46. The lowest BCUT2D eigenvalue weighted by atomic mass is 10.00. The summed E-state index contributed by atoms with van der Waals surface area (Å²) in [4.78, 5) is 28.2. The minimum atomic E-state index is -0.787. The van der Waals surface area contributed by atoms with E-state index in [1.54, 1.807) is 11.3 Å². The van der Waals surface area contributed by atoms with Crippen LogP contribution in [0.3, 0.4) is 0 Å². The number of hydrogen-bond acceptors (Lipinski definition) is 6. The molecule has 1 saturated carbocycles. The zero-order valence-electron chi connectivity index (χ0n) is 13.8. The summed E-state index contributed by atoms with van der Waals surface area (Å²) in [5.41, 5.74) is 0.137. The summed E-state index contributed by atoms with van der Waals surface area (Å²) in [7, 11) is 0. The highest BCUT2D eigenvalue weighted by atomic mass is 32.1. The van der Waals surface area contributed by atoms with Gasteiger partial charge < -0.3 is 10.1 Å². The summed E-state index contributed by atoms with van der Waals surface area (Å²) < 4.78 is 6.10. The molecule has 1 aromatic heterocycles. The molecule has 130 valence electrons. The molecule has 0 aliphatic heterocycles. The number of nitriles is 1. The van der Waals surface area contributed by atoms with Gasteiger partial charge in [0.1, 0.15) is 5.54 Å². The number of para-hydroxylation sites is 1. The maximum absolute atomic E-state index is 11.9. The van der Waals surface area contributed by atoms with E-state index in [1.807, 2.05) is 24.3 Å². The van der Waals surface area contributed by atoms with Crippen molar-refractivity contribution in [1.29, 1.82) is 5.26 Å². The third-order valence-electron chi connectivity index (χ3n) is 4.30. The van der Waals surface area contributed by atoms with E-state index >= 15 is 0 Å². The minimum Gasteiger partial charge on any atom is -0.456 e. The molecule has 1 fully saturated rings. The monoisotopic (exact) mass is 357 g/mol. The van der Waals surface area contributed by atoms with E-state index in [0.29, 0.717) is 19.3 Å². The molecular weight excluding hydrogens is 338 g/mol. The van der Waals surface area contributed by atoms with Crippen LogP contribution in [0.15, 0.2) is 24.3 Å². The maximum atomic E-state index is 11.9. The number of hydrogen-bond donors (Lipinski definition) is 1. The first kappa shape index (κ1) is 17.4. The fourth-order valence-electron chi connectivity index (χ4n) is 3.00. The summed E-state index contributed by atoms with van der Waals surface area (Å²) in [6, 6.07) is 9.99. The van der Waals surface area contributed by atoms with Gasteiger partial charge in [0, 0.05) is 6.42 Å². The molecule has 0 atom stereocenters. The minimum absolute atomic E-state index is 0.177. The van der Waals surface area contributed by atoms with E-state index in [9.17, 15) is 14.9 Å². The molecular formula is C18H19N3O3S. The molecule has 0 spiro atoms. The quantitative estimate of drug-likeness (QED) is 0.803. The number of nitrogens with one attached hydrogen (secondary N) is 1. The van der Waals surface area contributed by atoms with Crippen LogP contribution < -0.4 is 5.32 Å². The Labute approximate surface area is 149 Å². The van der Waals surface area contributed by atoms with Crippen LogP contribution in [0, 0.1) is 11.3 Å². The number of amides is 1. The number of esters is 1. The Morgan fingerprint density at radius 3 is 2.80 bits per heavy atom. The van der Waals surface area contributed by atoms with Gasteiger partial charge in [0.05, 0.1) is 27.7 Å². The van der Waals surface area contributed by atoms with Gasteiger partial charge in [-0.1, -0.05) is 12.1 Å². The van der Waals surface area contributed by atoms with E-state index in [1.165, 1.54) is 0 Å². The van der Waals surface area contributed by atoms with Gasteiger partial charge in [-0.15, -0.1) is 11.3 Å². The van der Waals surface area contributed by atoms with Crippen LogP contribution in [0.25, 0.3) is 10.2 Å². The van der Waals surface area contributed by atoms with Crippen LogP contribution in [0.5, 0.6) is 0 Å². The number of aromatic nitrogens is 1. The number of aryl methyl sites for hydroxylation is 1. The number of rotatable bonds is 6. The molecule has 0 saturated heterocycles. The molecule has 1 aliphatic rings. The molecule has 2 aromatic rings. The first-order valence-corrected chi connectivity index (χ1v) is 9.14. The van der Waals surface area contributed by atoms with E-state index < -0.39 is 17.4 Å². The fourth-order valence-corrected chi connectivity index (χ4v) is 3.97. The number of thiazole rings is 1. The van der Waals surface area contributed by atoms with Gasteiger partial charge in [-0.25, -0.2) is 4.98 Å². The summed E-state index contributed by atoms with van der Waals surface area (Å²) in [5, 5.41) is 12.8. The van der Waals surface area contributed by atoms with Crippen LogP contribution in [0.1, 0.15) is 37.1 Å². The number of nitrogens with zero attached hydrogens (tertiary/aromatic N) is 2. The Morgan fingerprint density at radius 2 is 2.08 bits per heavy atom. The van der Waals surface area contributed by atoms with Crippen LogP contribution >= 0.6 is 11.3 Å². The topological polar surface area (TPSA) is 92.1 Å². The number of ether oxygens (including phenoxy) is 1. The number of benzene rings is 1. The smallest absolute Gasteiger partial charge is 0.306 e. The Morgan fingerprint density at radius 1 is 1.32 bits per heavy atom. The first-order valence-electron chi connectivity index (χ1n) is 8.33. The molecule has 0 unspecified atom stereocenters. The van der Waals surface area contributed by atoms with Gasteiger partial charge in [0.15, 0.2) is 6.61 Å². The molecule has 7 heteroatoms. The van der Waals surface area contributed by atoms with Gasteiger partial charge in [-0.3, -0.25) is 9.59 Å². The molecule has 1 N–H and O–H groups in total. The highest BCUT2D eigenvalue weighted by Crippen LogP contribution is 2.28. The Bertz CT molecular complexity index is 785. The van der Waals surface area contributed by atoms with Crippen molar-refractivity contribution >= 4 is 33.4 Å². The van der Waals surface area contributed by atoms with Crippen LogP contribution in [0.2, 0.25) is 0 Å². The molecule has 1 heterocycles. The largest absolute Gasteiger partial charge is 0.456 e. The first-order chi connectivity index (χ1) is 12.1. The highest BCUT2D eigenvalue weighted by Gasteiger charge is 2.35. The van der Waals surface area contributed by atoms with Crippen molar-refractivity contribution in [3.8, 4) is 6.07 Å². The van der Waals surface area contributed by atoms with Crippen molar-refractivity contribution in [3.05, 3.63) is 29.3 Å². The number of carbonyl (C=O) groups excluding carboxylic acids is 2. The maximum Gasteiger partial charge on any atom is 0.306 e. The van der Waals surface area contributed by atoms with Crippen LogP contribution in [0.4, 0.5) is 0 Å². The van der Waals surface area contributed by atoms with Crippen molar-refractivity contribution in [3.63, 3.8) is 0 Å². The highest BCUT2D eigenvalue weighted by molar-refractivity contribution is 7.18. The van der Waals surface area contributed by atoms with Crippen molar-refractivity contribution in [2.75, 3.05) is 6.61 Å². The fraction of sp³-hybridized carbons (Fsp3) is 0.444. The van der Waals surface area contributed by atoms with Gasteiger partial charge in [-0.05, 0) is 37.8 Å². The lowest BCUT2D eigenvalue weighted by molar-refractivity contribution is -0.148. The molecule has 0 bridgehead atoms. The Kier molecular flexibility index (Phi) is 5.29. The molecule has 1 aliphatic carbocycles.